The van der Waals surface area contributed by atoms with Crippen LogP contribution in [-0.2, 0) is 0 Å². The second-order valence-corrected chi connectivity index (χ2v) is 7.36. The number of thioether (sulfide) groups is 1. The van der Waals surface area contributed by atoms with Crippen molar-refractivity contribution in [2.45, 2.75) is 46.2 Å². The molecular weight excluding hydrogens is 344 g/mol. The lowest BCUT2D eigenvalue weighted by molar-refractivity contribution is 0.451. The molecule has 0 saturated heterocycles. The van der Waals surface area contributed by atoms with Crippen molar-refractivity contribution in [3.8, 4) is 11.6 Å². The maximum Gasteiger partial charge on any atom is 0.223 e. The minimum absolute atomic E-state index is 0.584. The van der Waals surface area contributed by atoms with Crippen molar-refractivity contribution in [3.63, 3.8) is 0 Å². The van der Waals surface area contributed by atoms with Gasteiger partial charge in [-0.05, 0) is 57.4 Å². The molecule has 0 fully saturated rings. The van der Waals surface area contributed by atoms with Gasteiger partial charge in [-0.15, -0.1) is 0 Å². The maximum atomic E-state index is 6.07. The van der Waals surface area contributed by atoms with Crippen LogP contribution in [0.25, 0.3) is 0 Å². The molecule has 0 aliphatic carbocycles. The van der Waals surface area contributed by atoms with Crippen LogP contribution in [0.15, 0.2) is 28.3 Å². The first-order valence-corrected chi connectivity index (χ1v) is 9.93. The van der Waals surface area contributed by atoms with Gasteiger partial charge in [0.25, 0.3) is 0 Å². The van der Waals surface area contributed by atoms with E-state index in [1.165, 1.54) is 0 Å². The van der Waals surface area contributed by atoms with E-state index in [0.29, 0.717) is 5.88 Å². The molecule has 5 nitrogen and oxygen atoms in total. The van der Waals surface area contributed by atoms with E-state index in [-0.39, 0.29) is 0 Å². The zero-order valence-corrected chi connectivity index (χ0v) is 17.4. The summed E-state index contributed by atoms with van der Waals surface area (Å²) in [7, 11) is 2.01. The average molecular weight is 373 g/mol. The van der Waals surface area contributed by atoms with Crippen LogP contribution in [0.2, 0.25) is 0 Å². The molecule has 0 amide bonds. The summed E-state index contributed by atoms with van der Waals surface area (Å²) in [6.07, 6.45) is 2.94. The molecule has 2 rings (SSSR count). The van der Waals surface area contributed by atoms with Crippen molar-refractivity contribution in [1.29, 1.82) is 0 Å². The van der Waals surface area contributed by atoms with Crippen LogP contribution in [-0.4, -0.2) is 40.6 Å². The van der Waals surface area contributed by atoms with Gasteiger partial charge in [-0.1, -0.05) is 18.7 Å². The average Bonchev–Trinajstić information content (AvgIpc) is 2.60. The zero-order valence-electron chi connectivity index (χ0n) is 16.5. The van der Waals surface area contributed by atoms with Crippen LogP contribution in [0.1, 0.15) is 37.1 Å². The molecule has 0 radical (unpaired) electrons. The SMILES string of the molecule is CCCSc1nc(C)cc(Oc2cc(C)c(/N=C/N(C)CC)cc2C)n1. The molecule has 6 heteroatoms. The number of aryl methyl sites for hydroxylation is 3. The van der Waals surface area contributed by atoms with E-state index in [9.17, 15) is 0 Å². The highest BCUT2D eigenvalue weighted by molar-refractivity contribution is 7.99. The lowest BCUT2D eigenvalue weighted by Crippen LogP contribution is -2.14. The predicted octanol–water partition coefficient (Wildman–Crippen LogP) is 5.31. The molecule has 0 unspecified atom stereocenters. The molecule has 26 heavy (non-hydrogen) atoms. The highest BCUT2D eigenvalue weighted by atomic mass is 32.2. The Morgan fingerprint density at radius 2 is 1.88 bits per heavy atom. The van der Waals surface area contributed by atoms with Crippen molar-refractivity contribution in [2.75, 3.05) is 19.3 Å². The molecule has 1 aromatic heterocycles. The Morgan fingerprint density at radius 1 is 1.12 bits per heavy atom. The van der Waals surface area contributed by atoms with Gasteiger partial charge in [-0.2, -0.15) is 4.98 Å². The summed E-state index contributed by atoms with van der Waals surface area (Å²) in [6, 6.07) is 5.93. The molecule has 140 valence electrons. The second kappa shape index (κ2) is 9.57. The van der Waals surface area contributed by atoms with E-state index < -0.39 is 0 Å². The lowest BCUT2D eigenvalue weighted by Gasteiger charge is -2.13. The van der Waals surface area contributed by atoms with E-state index >= 15 is 0 Å². The third-order valence-electron chi connectivity index (χ3n) is 3.85. The number of aromatic nitrogens is 2. The number of aliphatic imine (C=N–C) groups is 1. The van der Waals surface area contributed by atoms with Crippen LogP contribution < -0.4 is 4.74 Å². The van der Waals surface area contributed by atoms with E-state index in [0.717, 1.165) is 52.1 Å². The van der Waals surface area contributed by atoms with Crippen LogP contribution in [0.4, 0.5) is 5.69 Å². The monoisotopic (exact) mass is 372 g/mol. The largest absolute Gasteiger partial charge is 0.439 e. The first kappa shape index (κ1) is 20.2. The van der Waals surface area contributed by atoms with Crippen LogP contribution >= 0.6 is 11.8 Å². The molecule has 2 aromatic rings. The molecule has 0 atom stereocenters. The van der Waals surface area contributed by atoms with E-state index in [1.54, 1.807) is 11.8 Å². The molecule has 0 spiro atoms. The van der Waals surface area contributed by atoms with Gasteiger partial charge in [0, 0.05) is 31.1 Å². The minimum Gasteiger partial charge on any atom is -0.439 e. The quantitative estimate of drug-likeness (QED) is 0.272. The van der Waals surface area contributed by atoms with Crippen molar-refractivity contribution < 1.29 is 4.74 Å². The number of benzene rings is 1. The van der Waals surface area contributed by atoms with Crippen molar-refractivity contribution >= 4 is 23.8 Å². The first-order chi connectivity index (χ1) is 12.4. The summed E-state index contributed by atoms with van der Waals surface area (Å²) in [4.78, 5) is 15.6. The molecule has 1 aromatic carbocycles. The summed E-state index contributed by atoms with van der Waals surface area (Å²) in [5.41, 5.74) is 3.96. The summed E-state index contributed by atoms with van der Waals surface area (Å²) in [5, 5.41) is 0.764. The van der Waals surface area contributed by atoms with Gasteiger partial charge in [-0.25, -0.2) is 9.98 Å². The summed E-state index contributed by atoms with van der Waals surface area (Å²) < 4.78 is 6.07. The summed E-state index contributed by atoms with van der Waals surface area (Å²) >= 11 is 1.65. The highest BCUT2D eigenvalue weighted by Crippen LogP contribution is 2.31. The molecule has 0 bridgehead atoms. The molecule has 0 saturated carbocycles. The number of hydrogen-bond donors (Lipinski definition) is 0. The van der Waals surface area contributed by atoms with Crippen LogP contribution in [0.3, 0.4) is 0 Å². The van der Waals surface area contributed by atoms with Crippen molar-refractivity contribution in [3.05, 3.63) is 35.0 Å². The van der Waals surface area contributed by atoms with Crippen LogP contribution in [0, 0.1) is 20.8 Å². The van der Waals surface area contributed by atoms with Crippen molar-refractivity contribution in [1.82, 2.24) is 14.9 Å². The molecule has 0 aliphatic rings. The van der Waals surface area contributed by atoms with Crippen LogP contribution in [0.5, 0.6) is 11.6 Å². The highest BCUT2D eigenvalue weighted by Gasteiger charge is 2.09. The van der Waals surface area contributed by atoms with Gasteiger partial charge in [0.1, 0.15) is 5.75 Å². The molecule has 0 aliphatic heterocycles. The normalized spacial score (nSPS) is 11.2. The Labute approximate surface area is 160 Å². The Bertz CT molecular complexity index is 777. The van der Waals surface area contributed by atoms with Crippen molar-refractivity contribution in [2.24, 2.45) is 4.99 Å². The fourth-order valence-electron chi connectivity index (χ4n) is 2.20. The van der Waals surface area contributed by atoms with E-state index in [2.05, 4.69) is 28.8 Å². The number of ether oxygens (including phenoxy) is 1. The number of hydrogen-bond acceptors (Lipinski definition) is 5. The fourth-order valence-corrected chi connectivity index (χ4v) is 2.95. The third kappa shape index (κ3) is 5.73. The molecule has 1 heterocycles. The summed E-state index contributed by atoms with van der Waals surface area (Å²) in [6.45, 7) is 11.2. The van der Waals surface area contributed by atoms with E-state index in [4.69, 9.17) is 4.74 Å². The Kier molecular flexibility index (Phi) is 7.45. The number of rotatable bonds is 8. The maximum absolute atomic E-state index is 6.07. The second-order valence-electron chi connectivity index (χ2n) is 6.30. The van der Waals surface area contributed by atoms with Gasteiger partial charge in [0.2, 0.25) is 5.88 Å². The first-order valence-electron chi connectivity index (χ1n) is 8.95. The van der Waals surface area contributed by atoms with Gasteiger partial charge < -0.3 is 9.64 Å². The Morgan fingerprint density at radius 3 is 2.58 bits per heavy atom. The zero-order chi connectivity index (χ0) is 19.1. The fraction of sp³-hybridized carbons (Fsp3) is 0.450. The summed E-state index contributed by atoms with van der Waals surface area (Å²) in [5.74, 6) is 2.38. The molecular formula is C20H28N4OS. The van der Waals surface area contributed by atoms with Gasteiger partial charge >= 0.3 is 0 Å². The smallest absolute Gasteiger partial charge is 0.223 e. The van der Waals surface area contributed by atoms with Gasteiger partial charge in [-0.3, -0.25) is 0 Å². The topological polar surface area (TPSA) is 50.6 Å². The van der Waals surface area contributed by atoms with Gasteiger partial charge in [0.05, 0.1) is 12.0 Å². The molecule has 0 N–H and O–H groups in total. The minimum atomic E-state index is 0.584. The van der Waals surface area contributed by atoms with E-state index in [1.807, 2.05) is 57.3 Å². The lowest BCUT2D eigenvalue weighted by atomic mass is 10.1. The van der Waals surface area contributed by atoms with Gasteiger partial charge in [0.15, 0.2) is 5.16 Å². The Balaban J connectivity index is 2.23. The standard InChI is InChI=1S/C20H28N4OS/c1-7-9-26-20-22-16(5)12-19(23-20)25-18-11-14(3)17(10-15(18)4)21-13-24(6)8-2/h10-13H,7-9H2,1-6H3/b21-13+. The number of nitrogens with zero attached hydrogens (tertiary/aromatic N) is 4. The predicted molar refractivity (Wildman–Crippen MR) is 110 cm³/mol. The Hall–Kier alpha value is -2.08. The third-order valence-corrected chi connectivity index (χ3v) is 4.90.